The molecule has 0 bridgehead atoms. The van der Waals surface area contributed by atoms with E-state index in [1.165, 1.54) is 6.42 Å². The molecule has 0 aliphatic carbocycles. The fraction of sp³-hybridized carbons (Fsp3) is 0.875. The SMILES string of the molecule is CC(C#N)CN1CCCNC1. The van der Waals surface area contributed by atoms with Gasteiger partial charge in [0.25, 0.3) is 0 Å². The molecule has 11 heavy (non-hydrogen) atoms. The van der Waals surface area contributed by atoms with Crippen molar-refractivity contribution in [3.8, 4) is 6.07 Å². The lowest BCUT2D eigenvalue weighted by Gasteiger charge is -2.27. The molecule has 1 heterocycles. The van der Waals surface area contributed by atoms with Crippen LogP contribution < -0.4 is 5.32 Å². The molecule has 3 heteroatoms. The Bertz CT molecular complexity index is 144. The quantitative estimate of drug-likeness (QED) is 0.624. The summed E-state index contributed by atoms with van der Waals surface area (Å²) < 4.78 is 0. The van der Waals surface area contributed by atoms with Crippen molar-refractivity contribution >= 4 is 0 Å². The highest BCUT2D eigenvalue weighted by molar-refractivity contribution is 4.81. The number of rotatable bonds is 2. The summed E-state index contributed by atoms with van der Waals surface area (Å²) in [6.45, 7) is 6.08. The van der Waals surface area contributed by atoms with Gasteiger partial charge in [0.2, 0.25) is 0 Å². The van der Waals surface area contributed by atoms with E-state index < -0.39 is 0 Å². The third kappa shape index (κ3) is 2.87. The van der Waals surface area contributed by atoms with Crippen molar-refractivity contribution in [1.82, 2.24) is 10.2 Å². The van der Waals surface area contributed by atoms with E-state index in [1.807, 2.05) is 6.92 Å². The van der Waals surface area contributed by atoms with Crippen LogP contribution in [0.2, 0.25) is 0 Å². The Morgan fingerprint density at radius 2 is 2.55 bits per heavy atom. The summed E-state index contributed by atoms with van der Waals surface area (Å²) in [6.07, 6.45) is 1.21. The van der Waals surface area contributed by atoms with Gasteiger partial charge in [-0.05, 0) is 19.9 Å². The van der Waals surface area contributed by atoms with Gasteiger partial charge < -0.3 is 5.32 Å². The Kier molecular flexibility index (Phi) is 3.34. The second kappa shape index (κ2) is 4.32. The van der Waals surface area contributed by atoms with Gasteiger partial charge in [0.05, 0.1) is 12.0 Å². The lowest BCUT2D eigenvalue weighted by molar-refractivity contribution is 0.202. The predicted octanol–water partition coefficient (Wildman–Crippen LogP) is 0.399. The van der Waals surface area contributed by atoms with Crippen LogP contribution in [0.5, 0.6) is 0 Å². The molecule has 0 aromatic rings. The van der Waals surface area contributed by atoms with E-state index in [-0.39, 0.29) is 5.92 Å². The smallest absolute Gasteiger partial charge is 0.0666 e. The summed E-state index contributed by atoms with van der Waals surface area (Å²) in [6, 6.07) is 2.24. The van der Waals surface area contributed by atoms with Gasteiger partial charge in [-0.2, -0.15) is 5.26 Å². The van der Waals surface area contributed by atoms with Gasteiger partial charge in [-0.3, -0.25) is 4.90 Å². The topological polar surface area (TPSA) is 39.1 Å². The van der Waals surface area contributed by atoms with Crippen molar-refractivity contribution < 1.29 is 0 Å². The average molecular weight is 153 g/mol. The molecule has 3 nitrogen and oxygen atoms in total. The van der Waals surface area contributed by atoms with E-state index in [2.05, 4.69) is 16.3 Å². The first-order valence-electron chi connectivity index (χ1n) is 4.15. The summed E-state index contributed by atoms with van der Waals surface area (Å²) in [5, 5.41) is 11.8. The van der Waals surface area contributed by atoms with Crippen molar-refractivity contribution in [1.29, 1.82) is 5.26 Å². The third-order valence-corrected chi connectivity index (χ3v) is 1.92. The lowest BCUT2D eigenvalue weighted by atomic mass is 10.2. The summed E-state index contributed by atoms with van der Waals surface area (Å²) in [5.41, 5.74) is 0. The molecule has 1 rings (SSSR count). The summed E-state index contributed by atoms with van der Waals surface area (Å²) in [4.78, 5) is 2.29. The van der Waals surface area contributed by atoms with Gasteiger partial charge in [-0.1, -0.05) is 0 Å². The first-order chi connectivity index (χ1) is 5.33. The molecule has 1 saturated heterocycles. The van der Waals surface area contributed by atoms with Crippen molar-refractivity contribution in [2.75, 3.05) is 26.3 Å². The fourth-order valence-corrected chi connectivity index (χ4v) is 1.33. The molecular weight excluding hydrogens is 138 g/mol. The maximum absolute atomic E-state index is 8.57. The minimum absolute atomic E-state index is 0.162. The molecule has 0 radical (unpaired) electrons. The van der Waals surface area contributed by atoms with Crippen LogP contribution in [0.15, 0.2) is 0 Å². The normalized spacial score (nSPS) is 22.5. The molecule has 62 valence electrons. The van der Waals surface area contributed by atoms with Gasteiger partial charge in [-0.25, -0.2) is 0 Å². The molecule has 1 aliphatic heterocycles. The number of hydrogen-bond acceptors (Lipinski definition) is 3. The zero-order valence-electron chi connectivity index (χ0n) is 7.01. The molecule has 1 N–H and O–H groups in total. The molecule has 0 aromatic carbocycles. The Morgan fingerprint density at radius 3 is 3.09 bits per heavy atom. The van der Waals surface area contributed by atoms with E-state index in [9.17, 15) is 0 Å². The highest BCUT2D eigenvalue weighted by atomic mass is 15.2. The summed E-state index contributed by atoms with van der Waals surface area (Å²) in [7, 11) is 0. The average Bonchev–Trinajstić information content (AvgIpc) is 2.06. The van der Waals surface area contributed by atoms with Gasteiger partial charge in [0, 0.05) is 19.8 Å². The molecule has 0 spiro atoms. The van der Waals surface area contributed by atoms with Crippen LogP contribution in [-0.2, 0) is 0 Å². The molecule has 1 aliphatic rings. The van der Waals surface area contributed by atoms with Crippen molar-refractivity contribution in [3.63, 3.8) is 0 Å². The van der Waals surface area contributed by atoms with Crippen molar-refractivity contribution in [2.45, 2.75) is 13.3 Å². The first-order valence-corrected chi connectivity index (χ1v) is 4.15. The Balaban J connectivity index is 2.20. The Morgan fingerprint density at radius 1 is 1.73 bits per heavy atom. The Hall–Kier alpha value is -0.590. The summed E-state index contributed by atoms with van der Waals surface area (Å²) >= 11 is 0. The maximum atomic E-state index is 8.57. The van der Waals surface area contributed by atoms with Crippen LogP contribution in [0, 0.1) is 17.2 Å². The number of nitrogens with zero attached hydrogens (tertiary/aromatic N) is 2. The van der Waals surface area contributed by atoms with Gasteiger partial charge in [0.1, 0.15) is 0 Å². The zero-order chi connectivity index (χ0) is 8.10. The maximum Gasteiger partial charge on any atom is 0.0666 e. The van der Waals surface area contributed by atoms with Gasteiger partial charge >= 0.3 is 0 Å². The molecule has 0 saturated carbocycles. The van der Waals surface area contributed by atoms with Crippen LogP contribution in [-0.4, -0.2) is 31.2 Å². The second-order valence-electron chi connectivity index (χ2n) is 3.12. The summed E-state index contributed by atoms with van der Waals surface area (Å²) in [5.74, 6) is 0.162. The molecule has 0 aromatic heterocycles. The van der Waals surface area contributed by atoms with Crippen LogP contribution in [0.1, 0.15) is 13.3 Å². The molecule has 0 amide bonds. The van der Waals surface area contributed by atoms with Gasteiger partial charge in [0.15, 0.2) is 0 Å². The highest BCUT2D eigenvalue weighted by Crippen LogP contribution is 2.00. The Labute approximate surface area is 68.0 Å². The molecule has 1 unspecified atom stereocenters. The zero-order valence-corrected chi connectivity index (χ0v) is 7.01. The van der Waals surface area contributed by atoms with Crippen molar-refractivity contribution in [2.24, 2.45) is 5.92 Å². The number of nitriles is 1. The van der Waals surface area contributed by atoms with E-state index in [0.717, 1.165) is 26.3 Å². The van der Waals surface area contributed by atoms with E-state index >= 15 is 0 Å². The standard InChI is InChI=1S/C8H15N3/c1-8(5-9)6-11-4-2-3-10-7-11/h8,10H,2-4,6-7H2,1H3. The minimum Gasteiger partial charge on any atom is -0.304 e. The van der Waals surface area contributed by atoms with E-state index in [4.69, 9.17) is 5.26 Å². The van der Waals surface area contributed by atoms with E-state index in [1.54, 1.807) is 0 Å². The van der Waals surface area contributed by atoms with Crippen LogP contribution in [0.3, 0.4) is 0 Å². The van der Waals surface area contributed by atoms with E-state index in [0.29, 0.717) is 0 Å². The fourth-order valence-electron chi connectivity index (χ4n) is 1.33. The third-order valence-electron chi connectivity index (χ3n) is 1.92. The van der Waals surface area contributed by atoms with Crippen molar-refractivity contribution in [3.05, 3.63) is 0 Å². The highest BCUT2D eigenvalue weighted by Gasteiger charge is 2.11. The number of hydrogen-bond donors (Lipinski definition) is 1. The second-order valence-corrected chi connectivity index (χ2v) is 3.12. The van der Waals surface area contributed by atoms with Crippen LogP contribution >= 0.6 is 0 Å². The monoisotopic (exact) mass is 153 g/mol. The minimum atomic E-state index is 0.162. The van der Waals surface area contributed by atoms with Gasteiger partial charge in [-0.15, -0.1) is 0 Å². The molecular formula is C8H15N3. The largest absolute Gasteiger partial charge is 0.304 e. The predicted molar refractivity (Wildman–Crippen MR) is 43.8 cm³/mol. The lowest BCUT2D eigenvalue weighted by Crippen LogP contribution is -2.43. The van der Waals surface area contributed by atoms with Crippen LogP contribution in [0.25, 0.3) is 0 Å². The molecule has 1 fully saturated rings. The first kappa shape index (κ1) is 8.51. The number of nitrogens with one attached hydrogen (secondary N) is 1. The van der Waals surface area contributed by atoms with Crippen LogP contribution in [0.4, 0.5) is 0 Å². The molecule has 1 atom stereocenters.